The first kappa shape index (κ1) is 21.4. The molecule has 0 radical (unpaired) electrons. The molecule has 168 valence electrons. The van der Waals surface area contributed by atoms with Crippen LogP contribution in [0.25, 0.3) is 10.9 Å². The minimum atomic E-state index is -0.637. The third-order valence-corrected chi connectivity index (χ3v) is 6.33. The molecule has 0 spiro atoms. The van der Waals surface area contributed by atoms with Crippen molar-refractivity contribution in [2.45, 2.75) is 19.4 Å². The number of nitriles is 1. The largest absolute Gasteiger partial charge is 0.489 e. The molecule has 0 saturated carbocycles. The number of hydrogen-bond donors (Lipinski definition) is 1. The average Bonchev–Trinajstić information content (AvgIpc) is 2.86. The van der Waals surface area contributed by atoms with E-state index in [1.54, 1.807) is 11.6 Å². The van der Waals surface area contributed by atoms with Crippen molar-refractivity contribution in [3.05, 3.63) is 117 Å². The van der Waals surface area contributed by atoms with Crippen LogP contribution in [0.1, 0.15) is 28.2 Å². The molecule has 1 atom stereocenters. The molecule has 1 aliphatic heterocycles. The molecular formula is C28H23N3O3. The number of ether oxygens (including phenoxy) is 2. The Hall–Kier alpha value is -4.50. The summed E-state index contributed by atoms with van der Waals surface area (Å²) < 4.78 is 13.4. The van der Waals surface area contributed by atoms with E-state index in [1.807, 2.05) is 66.7 Å². The van der Waals surface area contributed by atoms with Gasteiger partial charge < -0.3 is 19.8 Å². The SMILES string of the molecule is Cc1ccccc1COc1ccc(C2C(C#N)=C(N)Oc3c2c(=O)n(C)c2ccccc32)cc1. The third-order valence-electron chi connectivity index (χ3n) is 6.33. The van der Waals surface area contributed by atoms with Crippen LogP contribution in [0.5, 0.6) is 11.5 Å². The number of hydrogen-bond acceptors (Lipinski definition) is 5. The number of para-hydroxylation sites is 1. The van der Waals surface area contributed by atoms with E-state index in [0.29, 0.717) is 23.7 Å². The van der Waals surface area contributed by atoms with Crippen molar-refractivity contribution in [3.63, 3.8) is 0 Å². The van der Waals surface area contributed by atoms with Gasteiger partial charge in [0.25, 0.3) is 5.56 Å². The molecule has 1 unspecified atom stereocenters. The van der Waals surface area contributed by atoms with Crippen molar-refractivity contribution in [2.24, 2.45) is 12.8 Å². The molecule has 1 aliphatic rings. The maximum absolute atomic E-state index is 13.4. The van der Waals surface area contributed by atoms with Gasteiger partial charge in [-0.05, 0) is 47.9 Å². The molecule has 0 bridgehead atoms. The minimum absolute atomic E-state index is 0.0123. The van der Waals surface area contributed by atoms with Crippen molar-refractivity contribution >= 4 is 10.9 Å². The van der Waals surface area contributed by atoms with Gasteiger partial charge in [-0.1, -0.05) is 48.5 Å². The number of allylic oxidation sites excluding steroid dienone is 1. The molecule has 6 nitrogen and oxygen atoms in total. The van der Waals surface area contributed by atoms with E-state index in [-0.39, 0.29) is 17.0 Å². The molecule has 34 heavy (non-hydrogen) atoms. The number of nitrogens with zero attached hydrogens (tertiary/aromatic N) is 2. The lowest BCUT2D eigenvalue weighted by Gasteiger charge is -2.27. The van der Waals surface area contributed by atoms with Gasteiger partial charge >= 0.3 is 0 Å². The van der Waals surface area contributed by atoms with Gasteiger partial charge in [-0.15, -0.1) is 0 Å². The van der Waals surface area contributed by atoms with Crippen molar-refractivity contribution in [1.29, 1.82) is 5.26 Å². The summed E-state index contributed by atoms with van der Waals surface area (Å²) in [6.45, 7) is 2.50. The van der Waals surface area contributed by atoms with Crippen molar-refractivity contribution < 1.29 is 9.47 Å². The summed E-state index contributed by atoms with van der Waals surface area (Å²) in [6, 6.07) is 25.1. The van der Waals surface area contributed by atoms with Crippen molar-refractivity contribution in [1.82, 2.24) is 4.57 Å². The van der Waals surface area contributed by atoms with Crippen LogP contribution in [0.3, 0.4) is 0 Å². The summed E-state index contributed by atoms with van der Waals surface area (Å²) in [4.78, 5) is 13.4. The van der Waals surface area contributed by atoms with Gasteiger partial charge in [-0.3, -0.25) is 4.79 Å². The molecule has 4 aromatic rings. The summed E-state index contributed by atoms with van der Waals surface area (Å²) in [5.41, 5.74) is 10.3. The topological polar surface area (TPSA) is 90.3 Å². The normalized spacial score (nSPS) is 14.9. The number of rotatable bonds is 4. The van der Waals surface area contributed by atoms with E-state index in [0.717, 1.165) is 22.0 Å². The maximum Gasteiger partial charge on any atom is 0.258 e. The molecule has 0 saturated heterocycles. The van der Waals surface area contributed by atoms with Gasteiger partial charge in [0.05, 0.1) is 17.0 Å². The van der Waals surface area contributed by atoms with E-state index in [1.165, 1.54) is 5.56 Å². The monoisotopic (exact) mass is 449 g/mol. The Morgan fingerprint density at radius 2 is 1.76 bits per heavy atom. The van der Waals surface area contributed by atoms with E-state index in [9.17, 15) is 10.1 Å². The first-order valence-electron chi connectivity index (χ1n) is 11.0. The number of aromatic nitrogens is 1. The highest BCUT2D eigenvalue weighted by Crippen LogP contribution is 2.43. The zero-order valence-corrected chi connectivity index (χ0v) is 18.9. The van der Waals surface area contributed by atoms with Gasteiger partial charge in [-0.25, -0.2) is 0 Å². The van der Waals surface area contributed by atoms with Crippen LogP contribution >= 0.6 is 0 Å². The van der Waals surface area contributed by atoms with Crippen molar-refractivity contribution in [2.75, 3.05) is 0 Å². The van der Waals surface area contributed by atoms with Gasteiger partial charge in [-0.2, -0.15) is 5.26 Å². The van der Waals surface area contributed by atoms with Crippen LogP contribution in [0.15, 0.2) is 89.0 Å². The highest BCUT2D eigenvalue weighted by atomic mass is 16.5. The number of benzene rings is 3. The molecule has 0 fully saturated rings. The van der Waals surface area contributed by atoms with Crippen LogP contribution in [0.4, 0.5) is 0 Å². The molecule has 2 N–H and O–H groups in total. The average molecular weight is 450 g/mol. The van der Waals surface area contributed by atoms with E-state index >= 15 is 0 Å². The molecule has 2 heterocycles. The fourth-order valence-electron chi connectivity index (χ4n) is 4.45. The molecule has 6 heteroatoms. The Balaban J connectivity index is 1.57. The molecule has 0 aliphatic carbocycles. The van der Waals surface area contributed by atoms with E-state index in [2.05, 4.69) is 19.1 Å². The van der Waals surface area contributed by atoms with Crippen LogP contribution in [0, 0.1) is 18.3 Å². The predicted octanol–water partition coefficient (Wildman–Crippen LogP) is 4.64. The molecule has 1 aromatic heterocycles. The van der Waals surface area contributed by atoms with E-state index < -0.39 is 5.92 Å². The highest BCUT2D eigenvalue weighted by Gasteiger charge is 2.35. The lowest BCUT2D eigenvalue weighted by Crippen LogP contribution is -2.31. The Labute approximate surface area is 197 Å². The zero-order valence-electron chi connectivity index (χ0n) is 18.9. The Morgan fingerprint density at radius 1 is 1.06 bits per heavy atom. The van der Waals surface area contributed by atoms with Crippen molar-refractivity contribution in [3.8, 4) is 17.6 Å². The third kappa shape index (κ3) is 3.48. The first-order valence-corrected chi connectivity index (χ1v) is 11.0. The predicted molar refractivity (Wildman–Crippen MR) is 130 cm³/mol. The first-order chi connectivity index (χ1) is 16.5. The molecule has 0 amide bonds. The minimum Gasteiger partial charge on any atom is -0.489 e. The summed E-state index contributed by atoms with van der Waals surface area (Å²) >= 11 is 0. The summed E-state index contributed by atoms with van der Waals surface area (Å²) in [5, 5.41) is 10.6. The van der Waals surface area contributed by atoms with Gasteiger partial charge in [0.15, 0.2) is 0 Å². The lowest BCUT2D eigenvalue weighted by molar-refractivity contribution is 0.305. The fourth-order valence-corrected chi connectivity index (χ4v) is 4.45. The summed E-state index contributed by atoms with van der Waals surface area (Å²) in [5.74, 6) is 0.474. The number of nitrogens with two attached hydrogens (primary N) is 1. The second-order valence-electron chi connectivity index (χ2n) is 8.33. The summed E-state index contributed by atoms with van der Waals surface area (Å²) in [6.07, 6.45) is 0. The van der Waals surface area contributed by atoms with Crippen LogP contribution in [-0.2, 0) is 13.7 Å². The Kier molecular flexibility index (Phi) is 5.31. The second-order valence-corrected chi connectivity index (χ2v) is 8.33. The van der Waals surface area contributed by atoms with Gasteiger partial charge in [0.1, 0.15) is 29.7 Å². The van der Waals surface area contributed by atoms with Gasteiger partial charge in [0.2, 0.25) is 5.88 Å². The molecule has 5 rings (SSSR count). The zero-order chi connectivity index (χ0) is 23.8. The molecular weight excluding hydrogens is 426 g/mol. The van der Waals surface area contributed by atoms with Crippen LogP contribution in [-0.4, -0.2) is 4.57 Å². The summed E-state index contributed by atoms with van der Waals surface area (Å²) in [7, 11) is 1.72. The smallest absolute Gasteiger partial charge is 0.258 e. The number of fused-ring (bicyclic) bond motifs is 3. The highest BCUT2D eigenvalue weighted by molar-refractivity contribution is 5.88. The Bertz CT molecular complexity index is 1540. The second kappa shape index (κ2) is 8.45. The maximum atomic E-state index is 13.4. The lowest BCUT2D eigenvalue weighted by atomic mass is 9.83. The van der Waals surface area contributed by atoms with Crippen LogP contribution < -0.4 is 20.8 Å². The Morgan fingerprint density at radius 3 is 2.50 bits per heavy atom. The quantitative estimate of drug-likeness (QED) is 0.490. The molecule has 3 aromatic carbocycles. The number of aryl methyl sites for hydroxylation is 2. The van der Waals surface area contributed by atoms with Crippen LogP contribution in [0.2, 0.25) is 0 Å². The fraction of sp³-hybridized carbons (Fsp3) is 0.143. The van der Waals surface area contributed by atoms with E-state index in [4.69, 9.17) is 15.2 Å². The standard InChI is InChI=1S/C28H23N3O3/c1-17-7-3-4-8-19(17)16-33-20-13-11-18(12-14-20)24-22(15-29)27(30)34-26-21-9-5-6-10-23(21)31(2)28(32)25(24)26/h3-14,24H,16,30H2,1-2H3. The van der Waals surface area contributed by atoms with Gasteiger partial charge in [0, 0.05) is 12.4 Å². The number of pyridine rings is 1.